The smallest absolute Gasteiger partial charge is 0.241 e. The molecule has 6 heteroatoms. The molecule has 0 saturated carbocycles. The Balaban J connectivity index is 2.59. The molecular weight excluding hydrogens is 294 g/mol. The Hall–Kier alpha value is -2.08. The minimum absolute atomic E-state index is 0.110. The highest BCUT2D eigenvalue weighted by Crippen LogP contribution is 2.17. The van der Waals surface area contributed by atoms with Gasteiger partial charge in [0.05, 0.1) is 19.7 Å². The topological polar surface area (TPSA) is 70.7 Å². The molecule has 0 aromatic heterocycles. The molecule has 0 aliphatic carbocycles. The van der Waals surface area contributed by atoms with Gasteiger partial charge in [-0.3, -0.25) is 14.5 Å². The number of methoxy groups -OCH3 is 1. The van der Waals surface area contributed by atoms with E-state index in [0.29, 0.717) is 11.4 Å². The normalized spacial score (nSPS) is 12.7. The molecule has 128 valence electrons. The summed E-state index contributed by atoms with van der Waals surface area (Å²) < 4.78 is 5.13. The predicted molar refractivity (Wildman–Crippen MR) is 91.6 cm³/mol. The van der Waals surface area contributed by atoms with Gasteiger partial charge in [-0.15, -0.1) is 0 Å². The lowest BCUT2D eigenvalue weighted by Crippen LogP contribution is -2.49. The van der Waals surface area contributed by atoms with Crippen molar-refractivity contribution in [3.8, 4) is 5.75 Å². The van der Waals surface area contributed by atoms with Crippen LogP contribution in [-0.2, 0) is 9.59 Å². The number of likely N-dealkylation sites (N-methyl/N-ethyl adjacent to an activating group) is 1. The summed E-state index contributed by atoms with van der Waals surface area (Å²) in [6.07, 6.45) is 0. The molecule has 0 aliphatic heterocycles. The molecule has 23 heavy (non-hydrogen) atoms. The van der Waals surface area contributed by atoms with E-state index in [2.05, 4.69) is 10.6 Å². The van der Waals surface area contributed by atoms with Crippen LogP contribution in [0.4, 0.5) is 5.69 Å². The lowest BCUT2D eigenvalue weighted by molar-refractivity contribution is -0.125. The van der Waals surface area contributed by atoms with Crippen molar-refractivity contribution in [1.29, 1.82) is 0 Å². The Bertz CT molecular complexity index is 552. The lowest BCUT2D eigenvalue weighted by atomic mass is 10.1. The van der Waals surface area contributed by atoms with E-state index in [1.807, 2.05) is 26.8 Å². The maximum atomic E-state index is 12.3. The van der Waals surface area contributed by atoms with Gasteiger partial charge in [-0.25, -0.2) is 0 Å². The standard InChI is InChI=1S/C17H27N3O3/c1-12(20(5)11-15(21)19-17(2,3)4)16(22)18-13-8-7-9-14(10-13)23-6/h7-10,12H,11H2,1-6H3,(H,18,22)(H,19,21)/t12-/m0/s1. The van der Waals surface area contributed by atoms with Gasteiger partial charge in [-0.2, -0.15) is 0 Å². The molecule has 2 amide bonds. The molecule has 1 rings (SSSR count). The quantitative estimate of drug-likeness (QED) is 0.839. The van der Waals surface area contributed by atoms with Crippen molar-refractivity contribution >= 4 is 17.5 Å². The van der Waals surface area contributed by atoms with Crippen molar-refractivity contribution in [2.45, 2.75) is 39.3 Å². The van der Waals surface area contributed by atoms with Crippen LogP contribution in [0.1, 0.15) is 27.7 Å². The second-order valence-corrected chi connectivity index (χ2v) is 6.61. The molecule has 0 radical (unpaired) electrons. The minimum Gasteiger partial charge on any atom is -0.497 e. The van der Waals surface area contributed by atoms with Gasteiger partial charge in [0, 0.05) is 17.3 Å². The number of anilines is 1. The second-order valence-electron chi connectivity index (χ2n) is 6.61. The third-order valence-electron chi connectivity index (χ3n) is 3.29. The zero-order valence-corrected chi connectivity index (χ0v) is 14.8. The summed E-state index contributed by atoms with van der Waals surface area (Å²) in [6.45, 7) is 7.68. The van der Waals surface area contributed by atoms with Crippen LogP contribution >= 0.6 is 0 Å². The van der Waals surface area contributed by atoms with Crippen LogP contribution in [-0.4, -0.2) is 49.0 Å². The summed E-state index contributed by atoms with van der Waals surface area (Å²) in [5, 5.41) is 5.71. The highest BCUT2D eigenvalue weighted by atomic mass is 16.5. The summed E-state index contributed by atoms with van der Waals surface area (Å²) in [4.78, 5) is 25.9. The van der Waals surface area contributed by atoms with Crippen LogP contribution in [0.3, 0.4) is 0 Å². The zero-order valence-electron chi connectivity index (χ0n) is 14.8. The second kappa shape index (κ2) is 7.97. The molecular formula is C17H27N3O3. The van der Waals surface area contributed by atoms with E-state index in [1.165, 1.54) is 0 Å². The number of amides is 2. The average molecular weight is 321 g/mol. The van der Waals surface area contributed by atoms with Crippen molar-refractivity contribution in [2.24, 2.45) is 0 Å². The number of hydrogen-bond acceptors (Lipinski definition) is 4. The van der Waals surface area contributed by atoms with E-state index in [-0.39, 0.29) is 23.9 Å². The van der Waals surface area contributed by atoms with Gasteiger partial charge in [0.15, 0.2) is 0 Å². The average Bonchev–Trinajstić information content (AvgIpc) is 2.44. The van der Waals surface area contributed by atoms with Crippen molar-refractivity contribution in [3.05, 3.63) is 24.3 Å². The minimum atomic E-state index is -0.438. The largest absolute Gasteiger partial charge is 0.497 e. The summed E-state index contributed by atoms with van der Waals surface area (Å²) in [5.74, 6) is 0.388. The number of nitrogens with zero attached hydrogens (tertiary/aromatic N) is 1. The van der Waals surface area contributed by atoms with Gasteiger partial charge in [-0.1, -0.05) is 6.07 Å². The fourth-order valence-electron chi connectivity index (χ4n) is 1.97. The molecule has 1 aromatic carbocycles. The highest BCUT2D eigenvalue weighted by molar-refractivity contribution is 5.95. The Morgan fingerprint density at radius 3 is 2.52 bits per heavy atom. The van der Waals surface area contributed by atoms with E-state index in [4.69, 9.17) is 4.74 Å². The van der Waals surface area contributed by atoms with Gasteiger partial charge in [-0.05, 0) is 46.9 Å². The third kappa shape index (κ3) is 6.69. The molecule has 1 aromatic rings. The van der Waals surface area contributed by atoms with Crippen LogP contribution in [0.2, 0.25) is 0 Å². The van der Waals surface area contributed by atoms with Crippen molar-refractivity contribution in [2.75, 3.05) is 26.0 Å². The van der Waals surface area contributed by atoms with Gasteiger partial charge in [0.2, 0.25) is 11.8 Å². The van der Waals surface area contributed by atoms with Crippen LogP contribution in [0.25, 0.3) is 0 Å². The van der Waals surface area contributed by atoms with Crippen LogP contribution in [0.5, 0.6) is 5.75 Å². The highest BCUT2D eigenvalue weighted by Gasteiger charge is 2.22. The number of carbonyl (C=O) groups excluding carboxylic acids is 2. The van der Waals surface area contributed by atoms with E-state index in [9.17, 15) is 9.59 Å². The number of benzene rings is 1. The first-order valence-electron chi connectivity index (χ1n) is 7.58. The van der Waals surface area contributed by atoms with E-state index < -0.39 is 6.04 Å². The molecule has 0 spiro atoms. The summed E-state index contributed by atoms with van der Waals surface area (Å²) in [5.41, 5.74) is 0.373. The summed E-state index contributed by atoms with van der Waals surface area (Å²) in [6, 6.07) is 6.71. The summed E-state index contributed by atoms with van der Waals surface area (Å²) >= 11 is 0. The Kier molecular flexibility index (Phi) is 6.57. The Morgan fingerprint density at radius 1 is 1.30 bits per heavy atom. The van der Waals surface area contributed by atoms with Crippen molar-refractivity contribution < 1.29 is 14.3 Å². The summed E-state index contributed by atoms with van der Waals surface area (Å²) in [7, 11) is 3.32. The van der Waals surface area contributed by atoms with Gasteiger partial charge >= 0.3 is 0 Å². The van der Waals surface area contributed by atoms with E-state index >= 15 is 0 Å². The first kappa shape index (κ1) is 19.0. The molecule has 0 aliphatic rings. The van der Waals surface area contributed by atoms with Crippen molar-refractivity contribution in [3.63, 3.8) is 0 Å². The van der Waals surface area contributed by atoms with Gasteiger partial charge < -0.3 is 15.4 Å². The number of hydrogen-bond donors (Lipinski definition) is 2. The molecule has 0 heterocycles. The lowest BCUT2D eigenvalue weighted by Gasteiger charge is -2.26. The Morgan fingerprint density at radius 2 is 1.96 bits per heavy atom. The zero-order chi connectivity index (χ0) is 17.6. The number of ether oxygens (including phenoxy) is 1. The van der Waals surface area contributed by atoms with Crippen molar-refractivity contribution in [1.82, 2.24) is 10.2 Å². The molecule has 0 bridgehead atoms. The molecule has 0 fully saturated rings. The third-order valence-corrected chi connectivity index (χ3v) is 3.29. The maximum Gasteiger partial charge on any atom is 0.241 e. The molecule has 6 nitrogen and oxygen atoms in total. The molecule has 0 unspecified atom stereocenters. The van der Waals surface area contributed by atoms with E-state index in [1.54, 1.807) is 44.2 Å². The Labute approximate surface area is 138 Å². The molecule has 1 atom stereocenters. The van der Waals surface area contributed by atoms with Crippen LogP contribution in [0.15, 0.2) is 24.3 Å². The fraction of sp³-hybridized carbons (Fsp3) is 0.529. The number of carbonyl (C=O) groups is 2. The fourth-order valence-corrected chi connectivity index (χ4v) is 1.97. The maximum absolute atomic E-state index is 12.3. The molecule has 0 saturated heterocycles. The molecule has 2 N–H and O–H groups in total. The number of rotatable bonds is 6. The predicted octanol–water partition coefficient (Wildman–Crippen LogP) is 1.87. The first-order valence-corrected chi connectivity index (χ1v) is 7.58. The first-order chi connectivity index (χ1) is 10.6. The van der Waals surface area contributed by atoms with Crippen LogP contribution < -0.4 is 15.4 Å². The van der Waals surface area contributed by atoms with Gasteiger partial charge in [0.25, 0.3) is 0 Å². The monoisotopic (exact) mass is 321 g/mol. The van der Waals surface area contributed by atoms with E-state index in [0.717, 1.165) is 0 Å². The van der Waals surface area contributed by atoms with Crippen LogP contribution in [0, 0.1) is 0 Å². The number of nitrogens with one attached hydrogen (secondary N) is 2. The van der Waals surface area contributed by atoms with Gasteiger partial charge in [0.1, 0.15) is 5.75 Å². The SMILES string of the molecule is COc1cccc(NC(=O)[C@H](C)N(C)CC(=O)NC(C)(C)C)c1.